The number of nitrogens with zero attached hydrogens (tertiary/aromatic N) is 2. The molecule has 4 rings (SSSR count). The van der Waals surface area contributed by atoms with E-state index in [1.54, 1.807) is 26.4 Å². The van der Waals surface area contributed by atoms with Crippen LogP contribution in [0.1, 0.15) is 16.4 Å². The van der Waals surface area contributed by atoms with Crippen LogP contribution in [0.15, 0.2) is 57.5 Å². The summed E-state index contributed by atoms with van der Waals surface area (Å²) in [4.78, 5) is 16.7. The van der Waals surface area contributed by atoms with Crippen molar-refractivity contribution < 1.29 is 23.2 Å². The van der Waals surface area contributed by atoms with Crippen LogP contribution in [0.4, 0.5) is 0 Å². The minimum atomic E-state index is -0.387. The molecule has 2 aromatic carbocycles. The number of carbonyl (C=O) groups is 1. The first kappa shape index (κ1) is 17.6. The van der Waals surface area contributed by atoms with Gasteiger partial charge in [0, 0.05) is 10.9 Å². The average Bonchev–Trinajstić information content (AvgIpc) is 3.39. The van der Waals surface area contributed by atoms with Crippen molar-refractivity contribution in [1.82, 2.24) is 15.5 Å². The highest BCUT2D eigenvalue weighted by atomic mass is 16.5. The summed E-state index contributed by atoms with van der Waals surface area (Å²) in [6.45, 7) is 0.0795. The lowest BCUT2D eigenvalue weighted by Gasteiger charge is -2.00. The van der Waals surface area contributed by atoms with Crippen LogP contribution in [0.3, 0.4) is 0 Å². The molecule has 0 saturated heterocycles. The van der Waals surface area contributed by atoms with Gasteiger partial charge in [-0.05, 0) is 36.4 Å². The first-order valence-electron chi connectivity index (χ1n) is 8.49. The van der Waals surface area contributed by atoms with Crippen LogP contribution in [-0.4, -0.2) is 30.3 Å². The molecule has 8 nitrogen and oxygen atoms in total. The van der Waals surface area contributed by atoms with Gasteiger partial charge in [0.1, 0.15) is 5.75 Å². The van der Waals surface area contributed by atoms with Crippen molar-refractivity contribution in [2.75, 3.05) is 14.2 Å². The molecule has 142 valence electrons. The van der Waals surface area contributed by atoms with Crippen LogP contribution in [0, 0.1) is 0 Å². The molecular formula is C20H17N3O5. The molecular weight excluding hydrogens is 362 g/mol. The number of nitrogens with one attached hydrogen (secondary N) is 1. The molecule has 0 aliphatic heterocycles. The minimum Gasteiger partial charge on any atom is -0.497 e. The maximum Gasteiger partial charge on any atom is 0.287 e. The van der Waals surface area contributed by atoms with Crippen LogP contribution >= 0.6 is 0 Å². The fourth-order valence-electron chi connectivity index (χ4n) is 2.74. The second-order valence-corrected chi connectivity index (χ2v) is 5.91. The monoisotopic (exact) mass is 379 g/mol. The third kappa shape index (κ3) is 3.39. The number of ether oxygens (including phenoxy) is 2. The van der Waals surface area contributed by atoms with E-state index in [9.17, 15) is 4.79 Å². The van der Waals surface area contributed by atoms with E-state index in [2.05, 4.69) is 15.5 Å². The zero-order valence-electron chi connectivity index (χ0n) is 15.3. The van der Waals surface area contributed by atoms with Crippen molar-refractivity contribution in [3.63, 3.8) is 0 Å². The molecule has 1 amide bonds. The van der Waals surface area contributed by atoms with Crippen LogP contribution in [0.2, 0.25) is 0 Å². The highest BCUT2D eigenvalue weighted by Gasteiger charge is 2.16. The third-order valence-electron chi connectivity index (χ3n) is 4.17. The van der Waals surface area contributed by atoms with Crippen molar-refractivity contribution in [1.29, 1.82) is 0 Å². The largest absolute Gasteiger partial charge is 0.497 e. The summed E-state index contributed by atoms with van der Waals surface area (Å²) in [5, 5.41) is 7.42. The van der Waals surface area contributed by atoms with Crippen molar-refractivity contribution >= 4 is 16.9 Å². The highest BCUT2D eigenvalue weighted by Crippen LogP contribution is 2.28. The van der Waals surface area contributed by atoms with E-state index in [-0.39, 0.29) is 24.1 Å². The Morgan fingerprint density at radius 3 is 2.68 bits per heavy atom. The highest BCUT2D eigenvalue weighted by molar-refractivity contribution is 5.97. The Labute approximate surface area is 160 Å². The molecule has 2 aromatic heterocycles. The van der Waals surface area contributed by atoms with E-state index >= 15 is 0 Å². The molecule has 0 atom stereocenters. The summed E-state index contributed by atoms with van der Waals surface area (Å²) in [6.07, 6.45) is 0. The van der Waals surface area contributed by atoms with Gasteiger partial charge in [-0.15, -0.1) is 0 Å². The second-order valence-electron chi connectivity index (χ2n) is 5.91. The average molecular weight is 379 g/mol. The zero-order valence-corrected chi connectivity index (χ0v) is 15.3. The van der Waals surface area contributed by atoms with Crippen LogP contribution in [0.5, 0.6) is 11.5 Å². The lowest BCUT2D eigenvalue weighted by atomic mass is 10.2. The second kappa shape index (κ2) is 7.43. The molecule has 8 heteroatoms. The molecule has 0 radical (unpaired) electrons. The lowest BCUT2D eigenvalue weighted by molar-refractivity contribution is 0.0920. The smallest absolute Gasteiger partial charge is 0.287 e. The first-order valence-corrected chi connectivity index (χ1v) is 8.49. The summed E-state index contributed by atoms with van der Waals surface area (Å²) in [5.41, 5.74) is 1.31. The quantitative estimate of drug-likeness (QED) is 0.548. The standard InChI is InChI=1S/C20H17N3O5/c1-25-14-8-6-12(7-9-14)19-22-17(28-23-19)11-21-20(24)16-10-13-4-3-5-15(26-2)18(13)27-16/h3-10H,11H2,1-2H3,(H,21,24). The van der Waals surface area contributed by atoms with Gasteiger partial charge in [0.25, 0.3) is 5.91 Å². The molecule has 0 bridgehead atoms. The Bertz CT molecular complexity index is 1110. The number of hydrogen-bond donors (Lipinski definition) is 1. The number of furan rings is 1. The van der Waals surface area contributed by atoms with Gasteiger partial charge < -0.3 is 23.7 Å². The summed E-state index contributed by atoms with van der Waals surface area (Å²) in [6, 6.07) is 14.4. The van der Waals surface area contributed by atoms with Gasteiger partial charge in [-0.25, -0.2) is 0 Å². The maximum atomic E-state index is 12.4. The Kier molecular flexibility index (Phi) is 4.67. The number of benzene rings is 2. The Morgan fingerprint density at radius 1 is 1.11 bits per heavy atom. The van der Waals surface area contributed by atoms with E-state index < -0.39 is 0 Å². The van der Waals surface area contributed by atoms with Crippen molar-refractivity contribution in [3.8, 4) is 22.9 Å². The molecule has 28 heavy (non-hydrogen) atoms. The number of amides is 1. The normalized spacial score (nSPS) is 10.8. The van der Waals surface area contributed by atoms with Gasteiger partial charge >= 0.3 is 0 Å². The molecule has 0 unspecified atom stereocenters. The minimum absolute atomic E-state index is 0.0795. The van der Waals surface area contributed by atoms with Crippen LogP contribution < -0.4 is 14.8 Å². The Hall–Kier alpha value is -3.81. The number of hydrogen-bond acceptors (Lipinski definition) is 7. The fraction of sp³-hybridized carbons (Fsp3) is 0.150. The van der Waals surface area contributed by atoms with Gasteiger partial charge in [0.05, 0.1) is 20.8 Å². The van der Waals surface area contributed by atoms with E-state index in [1.165, 1.54) is 0 Å². The molecule has 4 aromatic rings. The molecule has 1 N–H and O–H groups in total. The van der Waals surface area contributed by atoms with E-state index in [0.29, 0.717) is 17.2 Å². The fourth-order valence-corrected chi connectivity index (χ4v) is 2.74. The summed E-state index contributed by atoms with van der Waals surface area (Å²) >= 11 is 0. The Balaban J connectivity index is 1.44. The summed E-state index contributed by atoms with van der Waals surface area (Å²) in [5.74, 6) is 1.81. The molecule has 0 saturated carbocycles. The van der Waals surface area contributed by atoms with E-state index in [0.717, 1.165) is 16.7 Å². The van der Waals surface area contributed by atoms with Crippen LogP contribution in [-0.2, 0) is 6.54 Å². The van der Waals surface area contributed by atoms with Crippen molar-refractivity contribution in [2.45, 2.75) is 6.54 Å². The lowest BCUT2D eigenvalue weighted by Crippen LogP contribution is -2.22. The number of fused-ring (bicyclic) bond motifs is 1. The molecule has 2 heterocycles. The summed E-state index contributed by atoms with van der Waals surface area (Å²) < 4.78 is 21.2. The molecule has 0 aliphatic rings. The van der Waals surface area contributed by atoms with Gasteiger partial charge in [0.2, 0.25) is 11.7 Å². The SMILES string of the molecule is COc1ccc(-c2noc(CNC(=O)c3cc4cccc(OC)c4o3)n2)cc1. The van der Waals surface area contributed by atoms with Gasteiger partial charge in [-0.3, -0.25) is 4.79 Å². The Morgan fingerprint density at radius 2 is 1.93 bits per heavy atom. The van der Waals surface area contributed by atoms with E-state index in [1.807, 2.05) is 36.4 Å². The molecule has 0 fully saturated rings. The van der Waals surface area contributed by atoms with Gasteiger partial charge in [-0.2, -0.15) is 4.98 Å². The molecule has 0 spiro atoms. The summed E-state index contributed by atoms with van der Waals surface area (Å²) in [7, 11) is 3.15. The third-order valence-corrected chi connectivity index (χ3v) is 4.17. The number of methoxy groups -OCH3 is 2. The van der Waals surface area contributed by atoms with Crippen molar-refractivity contribution in [3.05, 3.63) is 60.2 Å². The topological polar surface area (TPSA) is 99.6 Å². The van der Waals surface area contributed by atoms with E-state index in [4.69, 9.17) is 18.4 Å². The van der Waals surface area contributed by atoms with Crippen LogP contribution in [0.25, 0.3) is 22.4 Å². The molecule has 0 aliphatic carbocycles. The first-order chi connectivity index (χ1) is 13.7. The number of carbonyl (C=O) groups excluding carboxylic acids is 1. The van der Waals surface area contributed by atoms with Gasteiger partial charge in [0.15, 0.2) is 17.1 Å². The maximum absolute atomic E-state index is 12.4. The predicted octanol–water partition coefficient (Wildman–Crippen LogP) is 3.43. The van der Waals surface area contributed by atoms with Gasteiger partial charge in [-0.1, -0.05) is 17.3 Å². The predicted molar refractivity (Wildman–Crippen MR) is 100 cm³/mol. The van der Waals surface area contributed by atoms with Crippen molar-refractivity contribution in [2.24, 2.45) is 0 Å². The number of aromatic nitrogens is 2. The number of rotatable bonds is 6. The zero-order chi connectivity index (χ0) is 19.5. The number of para-hydroxylation sites is 1.